The third-order valence-electron chi connectivity index (χ3n) is 6.03. The normalized spacial score (nSPS) is 22.0. The Morgan fingerprint density at radius 2 is 1.69 bits per heavy atom. The van der Waals surface area contributed by atoms with Gasteiger partial charge in [-0.25, -0.2) is 0 Å². The highest BCUT2D eigenvalue weighted by molar-refractivity contribution is 6.04. The van der Waals surface area contributed by atoms with E-state index in [9.17, 15) is 9.59 Å². The van der Waals surface area contributed by atoms with Crippen molar-refractivity contribution >= 4 is 17.5 Å². The van der Waals surface area contributed by atoms with E-state index in [1.807, 2.05) is 24.3 Å². The summed E-state index contributed by atoms with van der Waals surface area (Å²) in [4.78, 5) is 25.0. The van der Waals surface area contributed by atoms with Gasteiger partial charge in [0.2, 0.25) is 5.91 Å². The van der Waals surface area contributed by atoms with Crippen LogP contribution < -0.4 is 10.6 Å². The van der Waals surface area contributed by atoms with E-state index in [0.29, 0.717) is 30.0 Å². The molecule has 3 rings (SSSR count). The van der Waals surface area contributed by atoms with Gasteiger partial charge >= 0.3 is 0 Å². The van der Waals surface area contributed by atoms with E-state index in [-0.39, 0.29) is 23.9 Å². The lowest BCUT2D eigenvalue weighted by Crippen LogP contribution is -2.39. The van der Waals surface area contributed by atoms with E-state index in [2.05, 4.69) is 24.5 Å². The summed E-state index contributed by atoms with van der Waals surface area (Å²) in [6, 6.07) is 7.94. The molecule has 1 atom stereocenters. The fourth-order valence-corrected chi connectivity index (χ4v) is 4.18. The summed E-state index contributed by atoms with van der Waals surface area (Å²) in [6.45, 7) is 4.26. The van der Waals surface area contributed by atoms with Gasteiger partial charge in [0.15, 0.2) is 0 Å². The maximum Gasteiger partial charge on any atom is 0.251 e. The fourth-order valence-electron chi connectivity index (χ4n) is 4.18. The number of carbonyl (C=O) groups excluding carboxylic acids is 2. The van der Waals surface area contributed by atoms with Crippen molar-refractivity contribution in [3.8, 4) is 0 Å². The predicted molar refractivity (Wildman–Crippen MR) is 116 cm³/mol. The number of benzene rings is 1. The Kier molecular flexibility index (Phi) is 7.24. The summed E-state index contributed by atoms with van der Waals surface area (Å²) in [5, 5.41) is 14.4. The smallest absolute Gasteiger partial charge is 0.251 e. The molecule has 0 aromatic heterocycles. The molecule has 0 heterocycles. The summed E-state index contributed by atoms with van der Waals surface area (Å²) < 4.78 is 0. The molecular weight excluding hydrogens is 362 g/mol. The molecule has 29 heavy (non-hydrogen) atoms. The van der Waals surface area contributed by atoms with Crippen LogP contribution in [0.1, 0.15) is 87.1 Å². The van der Waals surface area contributed by atoms with Crippen molar-refractivity contribution in [1.82, 2.24) is 10.6 Å². The number of amides is 2. The summed E-state index contributed by atoms with van der Waals surface area (Å²) >= 11 is 0. The van der Waals surface area contributed by atoms with Crippen LogP contribution in [0, 0.1) is 5.41 Å². The zero-order valence-corrected chi connectivity index (χ0v) is 17.6. The second-order valence-electron chi connectivity index (χ2n) is 8.68. The van der Waals surface area contributed by atoms with Crippen LogP contribution in [0.2, 0.25) is 0 Å². The van der Waals surface area contributed by atoms with Crippen LogP contribution in [0.3, 0.4) is 0 Å². The van der Waals surface area contributed by atoms with E-state index >= 15 is 0 Å². The summed E-state index contributed by atoms with van der Waals surface area (Å²) in [6.07, 6.45) is 9.10. The van der Waals surface area contributed by atoms with Gasteiger partial charge in [0.25, 0.3) is 5.91 Å². The molecule has 1 aromatic carbocycles. The van der Waals surface area contributed by atoms with Crippen molar-refractivity contribution in [2.45, 2.75) is 83.2 Å². The lowest BCUT2D eigenvalue weighted by Gasteiger charge is -2.26. The first kappa shape index (κ1) is 21.3. The predicted octanol–water partition coefficient (Wildman–Crippen LogP) is 4.49. The Hall–Kier alpha value is -2.43. The first-order chi connectivity index (χ1) is 13.9. The molecule has 3 N–H and O–H groups in total. The Labute approximate surface area is 173 Å². The molecular formula is C24H33N3O2. The van der Waals surface area contributed by atoms with Crippen LogP contribution >= 0.6 is 0 Å². The molecule has 2 aliphatic carbocycles. The van der Waals surface area contributed by atoms with Crippen LogP contribution in [0.5, 0.6) is 0 Å². The molecule has 1 aromatic rings. The third kappa shape index (κ3) is 6.02. The van der Waals surface area contributed by atoms with Crippen molar-refractivity contribution in [3.63, 3.8) is 0 Å². The Bertz CT molecular complexity index is 774. The van der Waals surface area contributed by atoms with Gasteiger partial charge < -0.3 is 16.0 Å². The summed E-state index contributed by atoms with van der Waals surface area (Å²) in [7, 11) is 0. The molecule has 0 bridgehead atoms. The molecule has 2 aliphatic rings. The number of nitrogens with one attached hydrogen (secondary N) is 3. The number of hydrogen-bond acceptors (Lipinski definition) is 3. The average Bonchev–Trinajstić information content (AvgIpc) is 2.71. The third-order valence-corrected chi connectivity index (χ3v) is 6.03. The van der Waals surface area contributed by atoms with Crippen molar-refractivity contribution in [2.75, 3.05) is 0 Å². The maximum absolute atomic E-state index is 12.6. The summed E-state index contributed by atoms with van der Waals surface area (Å²) in [5.41, 5.74) is 3.11. The van der Waals surface area contributed by atoms with E-state index in [4.69, 9.17) is 5.41 Å². The first-order valence-electron chi connectivity index (χ1n) is 10.9. The highest BCUT2D eigenvalue weighted by atomic mass is 16.2. The molecule has 0 spiro atoms. The monoisotopic (exact) mass is 395 g/mol. The van der Waals surface area contributed by atoms with Crippen LogP contribution in [0.15, 0.2) is 35.9 Å². The lowest BCUT2D eigenvalue weighted by atomic mass is 9.88. The highest BCUT2D eigenvalue weighted by Crippen LogP contribution is 2.22. The van der Waals surface area contributed by atoms with Crippen LogP contribution in [0.25, 0.3) is 0 Å². The topological polar surface area (TPSA) is 82.1 Å². The lowest BCUT2D eigenvalue weighted by molar-refractivity contribution is -0.117. The Balaban J connectivity index is 1.57. The Morgan fingerprint density at radius 1 is 1.00 bits per heavy atom. The van der Waals surface area contributed by atoms with Gasteiger partial charge in [-0.15, -0.1) is 0 Å². The van der Waals surface area contributed by atoms with E-state index in [1.54, 1.807) is 6.08 Å². The van der Waals surface area contributed by atoms with Crippen molar-refractivity contribution in [1.29, 1.82) is 5.41 Å². The summed E-state index contributed by atoms with van der Waals surface area (Å²) in [5.74, 6) is 0.238. The van der Waals surface area contributed by atoms with Crippen LogP contribution in [-0.4, -0.2) is 29.6 Å². The number of carbonyl (C=O) groups is 2. The second-order valence-corrected chi connectivity index (χ2v) is 8.68. The molecule has 0 saturated heterocycles. The SMILES string of the molecule is CC(C)c1ccc(C(=O)NC2CCC(=N)/C(=C\C(=O)NC3CCCCC3)C2)cc1. The fraction of sp³-hybridized carbons (Fsp3) is 0.542. The second kappa shape index (κ2) is 9.86. The first-order valence-corrected chi connectivity index (χ1v) is 10.9. The van der Waals surface area contributed by atoms with Crippen LogP contribution in [0.4, 0.5) is 0 Å². The number of hydrogen-bond donors (Lipinski definition) is 3. The van der Waals surface area contributed by atoms with Gasteiger partial charge in [0.1, 0.15) is 0 Å². The van der Waals surface area contributed by atoms with Gasteiger partial charge in [-0.3, -0.25) is 9.59 Å². The van der Waals surface area contributed by atoms with E-state index in [1.165, 1.54) is 24.8 Å². The zero-order valence-electron chi connectivity index (χ0n) is 17.6. The van der Waals surface area contributed by atoms with Gasteiger partial charge in [-0.05, 0) is 61.3 Å². The molecule has 2 saturated carbocycles. The van der Waals surface area contributed by atoms with E-state index < -0.39 is 0 Å². The minimum absolute atomic E-state index is 0.0462. The van der Waals surface area contributed by atoms with Crippen molar-refractivity contribution in [2.24, 2.45) is 0 Å². The minimum Gasteiger partial charge on any atom is -0.350 e. The maximum atomic E-state index is 12.6. The zero-order chi connectivity index (χ0) is 20.8. The minimum atomic E-state index is -0.104. The largest absolute Gasteiger partial charge is 0.350 e. The van der Waals surface area contributed by atoms with Crippen LogP contribution in [-0.2, 0) is 4.79 Å². The Morgan fingerprint density at radius 3 is 2.34 bits per heavy atom. The molecule has 2 fully saturated rings. The average molecular weight is 396 g/mol. The standard InChI is InChI=1S/C24H33N3O2/c1-16(2)17-8-10-18(11-9-17)24(29)27-21-12-13-22(25)19(14-21)15-23(28)26-20-6-4-3-5-7-20/h8-11,15-16,20-21,25H,3-7,12-14H2,1-2H3,(H,26,28)(H,27,29)/b19-15-,25-22?. The van der Waals surface area contributed by atoms with Gasteiger partial charge in [-0.2, -0.15) is 0 Å². The van der Waals surface area contributed by atoms with Crippen molar-refractivity contribution in [3.05, 3.63) is 47.0 Å². The molecule has 2 amide bonds. The van der Waals surface area contributed by atoms with Crippen molar-refractivity contribution < 1.29 is 9.59 Å². The number of rotatable bonds is 5. The highest BCUT2D eigenvalue weighted by Gasteiger charge is 2.24. The molecule has 0 aliphatic heterocycles. The van der Waals surface area contributed by atoms with Gasteiger partial charge in [0.05, 0.1) is 0 Å². The van der Waals surface area contributed by atoms with E-state index in [0.717, 1.165) is 24.8 Å². The molecule has 156 valence electrons. The molecule has 0 radical (unpaired) electrons. The molecule has 5 heteroatoms. The molecule has 5 nitrogen and oxygen atoms in total. The van der Waals surface area contributed by atoms with Gasteiger partial charge in [-0.1, -0.05) is 45.2 Å². The van der Waals surface area contributed by atoms with Gasteiger partial charge in [0, 0.05) is 29.4 Å². The quantitative estimate of drug-likeness (QED) is 0.642. The molecule has 1 unspecified atom stereocenters.